The zero-order valence-electron chi connectivity index (χ0n) is 12.3. The van der Waals surface area contributed by atoms with Gasteiger partial charge in [0.15, 0.2) is 6.79 Å². The van der Waals surface area contributed by atoms with Gasteiger partial charge >= 0.3 is 5.97 Å². The number of hydrogen-bond donors (Lipinski definition) is 1. The van der Waals surface area contributed by atoms with Crippen LogP contribution in [0.1, 0.15) is 27.0 Å². The minimum absolute atomic E-state index is 0.0590. The number of fused-ring (bicyclic) bond motifs is 1. The van der Waals surface area contributed by atoms with E-state index in [4.69, 9.17) is 30.9 Å². The number of aliphatic hydroxyl groups excluding tert-OH is 1. The van der Waals surface area contributed by atoms with Crippen LogP contribution >= 0.6 is 11.6 Å². The Labute approximate surface area is 138 Å². The largest absolute Gasteiger partial charge is 0.467 e. The number of esters is 1. The van der Waals surface area contributed by atoms with E-state index in [-0.39, 0.29) is 20.0 Å². The van der Waals surface area contributed by atoms with E-state index in [9.17, 15) is 4.79 Å². The van der Waals surface area contributed by atoms with Crippen LogP contribution in [0.4, 0.5) is 0 Å². The molecule has 6 heteroatoms. The van der Waals surface area contributed by atoms with Crippen molar-refractivity contribution in [3.63, 3.8) is 0 Å². The van der Waals surface area contributed by atoms with Crippen LogP contribution in [0.25, 0.3) is 0 Å². The van der Waals surface area contributed by atoms with Crippen molar-refractivity contribution in [1.82, 2.24) is 0 Å². The third-order valence-corrected chi connectivity index (χ3v) is 3.70. The fourth-order valence-corrected chi connectivity index (χ4v) is 2.60. The highest BCUT2D eigenvalue weighted by atomic mass is 35.5. The van der Waals surface area contributed by atoms with Gasteiger partial charge in [-0.25, -0.2) is 4.79 Å². The van der Waals surface area contributed by atoms with Crippen molar-refractivity contribution in [2.24, 2.45) is 0 Å². The van der Waals surface area contributed by atoms with Crippen LogP contribution in [0.3, 0.4) is 0 Å². The third kappa shape index (κ3) is 3.64. The second-order valence-electron chi connectivity index (χ2n) is 5.09. The Bertz CT molecular complexity index is 712. The highest BCUT2D eigenvalue weighted by Gasteiger charge is 2.18. The maximum absolute atomic E-state index is 12.1. The molecule has 0 atom stereocenters. The van der Waals surface area contributed by atoms with Gasteiger partial charge in [0, 0.05) is 16.1 Å². The minimum Gasteiger partial charge on any atom is -0.467 e. The Morgan fingerprint density at radius 3 is 2.78 bits per heavy atom. The number of rotatable bonds is 4. The van der Waals surface area contributed by atoms with Crippen LogP contribution in [-0.2, 0) is 29.3 Å². The molecule has 1 N–H and O–H groups in total. The first-order chi connectivity index (χ1) is 11.2. The molecule has 23 heavy (non-hydrogen) atoms. The molecular formula is C17H15ClO5. The molecule has 1 heterocycles. The van der Waals surface area contributed by atoms with Crippen molar-refractivity contribution in [3.05, 3.63) is 63.7 Å². The average molecular weight is 335 g/mol. The predicted octanol–water partition coefficient (Wildman–Crippen LogP) is 3.06. The lowest BCUT2D eigenvalue weighted by atomic mass is 10.1. The number of ether oxygens (including phenoxy) is 3. The topological polar surface area (TPSA) is 65.0 Å². The lowest BCUT2D eigenvalue weighted by Gasteiger charge is -2.21. The van der Waals surface area contributed by atoms with Gasteiger partial charge in [0.25, 0.3) is 0 Å². The molecule has 0 aromatic heterocycles. The number of aliphatic hydroxyl groups is 1. The first-order valence-electron chi connectivity index (χ1n) is 7.06. The zero-order valence-corrected chi connectivity index (χ0v) is 13.0. The number of benzene rings is 2. The molecular weight excluding hydrogens is 320 g/mol. The van der Waals surface area contributed by atoms with Gasteiger partial charge in [-0.05, 0) is 29.8 Å². The summed E-state index contributed by atoms with van der Waals surface area (Å²) in [6.45, 7) is 0.574. The summed E-state index contributed by atoms with van der Waals surface area (Å²) >= 11 is 6.07. The third-order valence-electron chi connectivity index (χ3n) is 3.48. The molecule has 2 aromatic carbocycles. The summed E-state index contributed by atoms with van der Waals surface area (Å²) in [6.07, 6.45) is 0. The molecule has 1 aliphatic rings. The summed E-state index contributed by atoms with van der Waals surface area (Å²) in [7, 11) is 0. The lowest BCUT2D eigenvalue weighted by Crippen LogP contribution is -2.14. The maximum atomic E-state index is 12.1. The predicted molar refractivity (Wildman–Crippen MR) is 83.2 cm³/mol. The normalized spacial score (nSPS) is 13.1. The molecule has 5 nitrogen and oxygen atoms in total. The first-order valence-corrected chi connectivity index (χ1v) is 7.44. The number of halogens is 1. The van der Waals surface area contributed by atoms with E-state index in [0.717, 1.165) is 11.1 Å². The highest BCUT2D eigenvalue weighted by molar-refractivity contribution is 6.30. The summed E-state index contributed by atoms with van der Waals surface area (Å²) in [6, 6.07) is 10.1. The van der Waals surface area contributed by atoms with Crippen LogP contribution in [0.2, 0.25) is 5.02 Å². The molecule has 0 saturated heterocycles. The van der Waals surface area contributed by atoms with E-state index in [1.54, 1.807) is 36.4 Å². The van der Waals surface area contributed by atoms with Crippen molar-refractivity contribution in [3.8, 4) is 5.75 Å². The zero-order chi connectivity index (χ0) is 16.2. The van der Waals surface area contributed by atoms with Crippen molar-refractivity contribution in [2.45, 2.75) is 19.8 Å². The number of hydrogen-bond acceptors (Lipinski definition) is 5. The quantitative estimate of drug-likeness (QED) is 0.871. The van der Waals surface area contributed by atoms with Crippen molar-refractivity contribution in [1.29, 1.82) is 0 Å². The second kappa shape index (κ2) is 7.00. The Morgan fingerprint density at radius 2 is 2.04 bits per heavy atom. The Balaban J connectivity index is 1.72. The van der Waals surface area contributed by atoms with Crippen LogP contribution in [0.5, 0.6) is 5.75 Å². The fourth-order valence-electron chi connectivity index (χ4n) is 2.34. The van der Waals surface area contributed by atoms with E-state index in [1.165, 1.54) is 0 Å². The molecule has 0 bridgehead atoms. The molecule has 0 unspecified atom stereocenters. The Hall–Kier alpha value is -2.08. The van der Waals surface area contributed by atoms with Gasteiger partial charge < -0.3 is 19.3 Å². The van der Waals surface area contributed by atoms with Gasteiger partial charge in [-0.2, -0.15) is 0 Å². The SMILES string of the molecule is O=C(OCc1cc(Cl)cc2c1OCOC2)c1ccc(CO)cc1. The van der Waals surface area contributed by atoms with Gasteiger partial charge in [-0.1, -0.05) is 23.7 Å². The molecule has 0 aliphatic carbocycles. The summed E-state index contributed by atoms with van der Waals surface area (Å²) in [4.78, 5) is 12.1. The monoisotopic (exact) mass is 334 g/mol. The second-order valence-corrected chi connectivity index (χ2v) is 5.53. The Kier molecular flexibility index (Phi) is 4.81. The fraction of sp³-hybridized carbons (Fsp3) is 0.235. The molecule has 1 aliphatic heterocycles. The average Bonchev–Trinajstić information content (AvgIpc) is 2.59. The highest BCUT2D eigenvalue weighted by Crippen LogP contribution is 2.32. The van der Waals surface area contributed by atoms with Crippen LogP contribution in [0, 0.1) is 0 Å². The lowest BCUT2D eigenvalue weighted by molar-refractivity contribution is -0.0180. The number of carbonyl (C=O) groups is 1. The summed E-state index contributed by atoms with van der Waals surface area (Å²) in [5.74, 6) is 0.208. The van der Waals surface area contributed by atoms with Gasteiger partial charge in [-0.3, -0.25) is 0 Å². The molecule has 0 saturated carbocycles. The van der Waals surface area contributed by atoms with Crippen molar-refractivity contribution < 1.29 is 24.1 Å². The van der Waals surface area contributed by atoms with Gasteiger partial charge in [0.05, 0.1) is 18.8 Å². The van der Waals surface area contributed by atoms with Crippen LogP contribution in [-0.4, -0.2) is 17.9 Å². The molecule has 2 aromatic rings. The molecule has 0 radical (unpaired) electrons. The van der Waals surface area contributed by atoms with E-state index in [1.807, 2.05) is 0 Å². The minimum atomic E-state index is -0.449. The molecule has 3 rings (SSSR count). The van der Waals surface area contributed by atoms with E-state index in [2.05, 4.69) is 0 Å². The van der Waals surface area contributed by atoms with Gasteiger partial charge in [0.1, 0.15) is 12.4 Å². The standard InChI is InChI=1S/C17H15ClO5/c18-15-5-13-8-21-10-23-16(13)14(6-15)9-22-17(20)12-3-1-11(7-19)2-4-12/h1-6,19H,7-10H2. The Morgan fingerprint density at radius 1 is 1.26 bits per heavy atom. The first kappa shape index (κ1) is 15.8. The van der Waals surface area contributed by atoms with Crippen molar-refractivity contribution in [2.75, 3.05) is 6.79 Å². The molecule has 0 amide bonds. The summed E-state index contributed by atoms with van der Waals surface area (Å²) < 4.78 is 16.0. The van der Waals surface area contributed by atoms with Gasteiger partial charge in [-0.15, -0.1) is 0 Å². The van der Waals surface area contributed by atoms with Crippen LogP contribution in [0.15, 0.2) is 36.4 Å². The number of carbonyl (C=O) groups excluding carboxylic acids is 1. The summed E-state index contributed by atoms with van der Waals surface area (Å²) in [5, 5.41) is 9.54. The van der Waals surface area contributed by atoms with E-state index >= 15 is 0 Å². The molecule has 0 fully saturated rings. The van der Waals surface area contributed by atoms with Crippen molar-refractivity contribution >= 4 is 17.6 Å². The maximum Gasteiger partial charge on any atom is 0.338 e. The smallest absolute Gasteiger partial charge is 0.338 e. The molecule has 0 spiro atoms. The molecule has 120 valence electrons. The van der Waals surface area contributed by atoms with E-state index < -0.39 is 5.97 Å². The summed E-state index contributed by atoms with van der Waals surface area (Å²) in [5.41, 5.74) is 2.69. The van der Waals surface area contributed by atoms with Gasteiger partial charge in [0.2, 0.25) is 0 Å². The van der Waals surface area contributed by atoms with Crippen LogP contribution < -0.4 is 4.74 Å². The van der Waals surface area contributed by atoms with E-state index in [0.29, 0.717) is 28.5 Å².